The van der Waals surface area contributed by atoms with Crippen molar-refractivity contribution in [1.82, 2.24) is 4.90 Å². The number of nitrogens with zero attached hydrogens (tertiary/aromatic N) is 1. The summed E-state index contributed by atoms with van der Waals surface area (Å²) in [6.45, 7) is 1.21. The average Bonchev–Trinajstić information content (AvgIpc) is 3.26. The van der Waals surface area contributed by atoms with Gasteiger partial charge in [0.1, 0.15) is 6.61 Å². The lowest BCUT2D eigenvalue weighted by molar-refractivity contribution is -0.151. The minimum atomic E-state index is -0.425. The molecule has 27 heavy (non-hydrogen) atoms. The maximum absolute atomic E-state index is 12.3. The third-order valence-corrected chi connectivity index (χ3v) is 5.43. The summed E-state index contributed by atoms with van der Waals surface area (Å²) in [7, 11) is 1.32. The van der Waals surface area contributed by atoms with Crippen LogP contribution in [0.4, 0.5) is 0 Å². The highest BCUT2D eigenvalue weighted by Gasteiger charge is 2.29. The van der Waals surface area contributed by atoms with E-state index in [-0.39, 0.29) is 24.4 Å². The van der Waals surface area contributed by atoms with Crippen LogP contribution in [0.25, 0.3) is 0 Å². The molecule has 142 valence electrons. The molecule has 1 aliphatic heterocycles. The standard InChI is InChI=1S/C20H21NO5S/c1-25-19(23)16-5-2-4-14(12-16)13-26-20(24)15-7-9-21(10-8-15)18(22)17-6-3-11-27-17/h2-6,11-12,15H,7-10,13H2,1H3. The molecule has 1 aliphatic rings. The maximum Gasteiger partial charge on any atom is 0.337 e. The van der Waals surface area contributed by atoms with Gasteiger partial charge in [-0.3, -0.25) is 9.59 Å². The first-order chi connectivity index (χ1) is 13.1. The Kier molecular flexibility index (Phi) is 6.24. The molecule has 0 atom stereocenters. The number of rotatable bonds is 5. The van der Waals surface area contributed by atoms with Gasteiger partial charge in [0.05, 0.1) is 23.5 Å². The number of ether oxygens (including phenoxy) is 2. The summed E-state index contributed by atoms with van der Waals surface area (Å²) in [5, 5.41) is 1.88. The van der Waals surface area contributed by atoms with E-state index in [0.29, 0.717) is 31.5 Å². The number of carbonyl (C=O) groups excluding carboxylic acids is 3. The summed E-state index contributed by atoms with van der Waals surface area (Å²) in [6, 6.07) is 10.5. The Morgan fingerprint density at radius 2 is 1.93 bits per heavy atom. The van der Waals surface area contributed by atoms with E-state index >= 15 is 0 Å². The molecule has 3 rings (SSSR count). The number of hydrogen-bond acceptors (Lipinski definition) is 6. The third kappa shape index (κ3) is 4.74. The van der Waals surface area contributed by atoms with Gasteiger partial charge in [0, 0.05) is 13.1 Å². The van der Waals surface area contributed by atoms with Crippen LogP contribution in [0, 0.1) is 5.92 Å². The number of carbonyl (C=O) groups is 3. The number of likely N-dealkylation sites (tertiary alicyclic amines) is 1. The summed E-state index contributed by atoms with van der Waals surface area (Å²) in [5.74, 6) is -0.870. The van der Waals surface area contributed by atoms with E-state index in [9.17, 15) is 14.4 Å². The molecule has 0 N–H and O–H groups in total. The molecule has 0 radical (unpaired) electrons. The fourth-order valence-corrected chi connectivity index (χ4v) is 3.74. The summed E-state index contributed by atoms with van der Waals surface area (Å²) in [6.07, 6.45) is 1.19. The first-order valence-electron chi connectivity index (χ1n) is 8.75. The highest BCUT2D eigenvalue weighted by Crippen LogP contribution is 2.22. The summed E-state index contributed by atoms with van der Waals surface area (Å²) < 4.78 is 10.1. The Hall–Kier alpha value is -2.67. The van der Waals surface area contributed by atoms with Crippen molar-refractivity contribution in [3.8, 4) is 0 Å². The van der Waals surface area contributed by atoms with Crippen molar-refractivity contribution < 1.29 is 23.9 Å². The van der Waals surface area contributed by atoms with Crippen LogP contribution in [0.3, 0.4) is 0 Å². The van der Waals surface area contributed by atoms with Crippen LogP contribution in [0.1, 0.15) is 38.4 Å². The van der Waals surface area contributed by atoms with Gasteiger partial charge in [0.25, 0.3) is 5.91 Å². The van der Waals surface area contributed by atoms with E-state index in [0.717, 1.165) is 10.4 Å². The second-order valence-electron chi connectivity index (χ2n) is 6.34. The van der Waals surface area contributed by atoms with Gasteiger partial charge in [-0.15, -0.1) is 11.3 Å². The summed E-state index contributed by atoms with van der Waals surface area (Å²) in [5.41, 5.74) is 1.16. The van der Waals surface area contributed by atoms with Gasteiger partial charge in [-0.1, -0.05) is 18.2 Å². The second-order valence-corrected chi connectivity index (χ2v) is 7.29. The van der Waals surface area contributed by atoms with Crippen molar-refractivity contribution >= 4 is 29.2 Å². The molecule has 6 nitrogen and oxygen atoms in total. The van der Waals surface area contributed by atoms with Crippen LogP contribution in [0.15, 0.2) is 41.8 Å². The number of amides is 1. The molecule has 2 heterocycles. The average molecular weight is 387 g/mol. The lowest BCUT2D eigenvalue weighted by Crippen LogP contribution is -2.40. The normalized spacial score (nSPS) is 14.6. The molecular weight excluding hydrogens is 366 g/mol. The molecule has 1 aromatic heterocycles. The number of piperidine rings is 1. The fraction of sp³-hybridized carbons (Fsp3) is 0.350. The van der Waals surface area contributed by atoms with Crippen LogP contribution in [-0.2, 0) is 20.9 Å². The van der Waals surface area contributed by atoms with Gasteiger partial charge in [0.15, 0.2) is 0 Å². The highest BCUT2D eigenvalue weighted by molar-refractivity contribution is 7.12. The van der Waals surface area contributed by atoms with Gasteiger partial charge in [-0.05, 0) is 42.0 Å². The first-order valence-corrected chi connectivity index (χ1v) is 9.63. The van der Waals surface area contributed by atoms with Crippen LogP contribution in [0.5, 0.6) is 0 Å². The zero-order valence-corrected chi connectivity index (χ0v) is 15.9. The van der Waals surface area contributed by atoms with Crippen molar-refractivity contribution in [2.45, 2.75) is 19.4 Å². The number of esters is 2. The number of benzene rings is 1. The molecule has 0 bridgehead atoms. The number of hydrogen-bond donors (Lipinski definition) is 0. The van der Waals surface area contributed by atoms with E-state index in [1.54, 1.807) is 29.2 Å². The van der Waals surface area contributed by atoms with E-state index in [2.05, 4.69) is 0 Å². The topological polar surface area (TPSA) is 72.9 Å². The van der Waals surface area contributed by atoms with Crippen molar-refractivity contribution in [2.75, 3.05) is 20.2 Å². The lowest BCUT2D eigenvalue weighted by atomic mass is 9.97. The number of thiophene rings is 1. The Morgan fingerprint density at radius 3 is 2.59 bits per heavy atom. The van der Waals surface area contributed by atoms with Crippen LogP contribution in [0.2, 0.25) is 0 Å². The monoisotopic (exact) mass is 387 g/mol. The molecule has 0 unspecified atom stereocenters. The molecule has 0 aliphatic carbocycles. The summed E-state index contributed by atoms with van der Waals surface area (Å²) >= 11 is 1.43. The predicted molar refractivity (Wildman–Crippen MR) is 101 cm³/mol. The van der Waals surface area contributed by atoms with Crippen LogP contribution < -0.4 is 0 Å². The zero-order chi connectivity index (χ0) is 19.2. The van der Waals surface area contributed by atoms with Crippen LogP contribution >= 0.6 is 11.3 Å². The highest BCUT2D eigenvalue weighted by atomic mass is 32.1. The molecule has 1 amide bonds. The molecule has 1 saturated heterocycles. The van der Waals surface area contributed by atoms with Gasteiger partial charge in [-0.2, -0.15) is 0 Å². The lowest BCUT2D eigenvalue weighted by Gasteiger charge is -2.30. The predicted octanol–water partition coefficient (Wildman–Crippen LogP) is 3.13. The van der Waals surface area contributed by atoms with Crippen molar-refractivity contribution in [3.63, 3.8) is 0 Å². The van der Waals surface area contributed by atoms with Crippen molar-refractivity contribution in [2.24, 2.45) is 5.92 Å². The quantitative estimate of drug-likeness (QED) is 0.737. The van der Waals surface area contributed by atoms with Crippen LogP contribution in [-0.4, -0.2) is 42.9 Å². The van der Waals surface area contributed by atoms with Crippen molar-refractivity contribution in [1.29, 1.82) is 0 Å². The van der Waals surface area contributed by atoms with E-state index in [4.69, 9.17) is 9.47 Å². The molecule has 2 aromatic rings. The fourth-order valence-electron chi connectivity index (χ4n) is 3.05. The van der Waals surface area contributed by atoms with E-state index in [1.165, 1.54) is 18.4 Å². The third-order valence-electron chi connectivity index (χ3n) is 4.58. The SMILES string of the molecule is COC(=O)c1cccc(COC(=O)C2CCN(C(=O)c3cccs3)CC2)c1. The van der Waals surface area contributed by atoms with Gasteiger partial charge in [-0.25, -0.2) is 4.79 Å². The molecule has 1 aromatic carbocycles. The molecule has 0 spiro atoms. The number of methoxy groups -OCH3 is 1. The largest absolute Gasteiger partial charge is 0.465 e. The minimum Gasteiger partial charge on any atom is -0.465 e. The minimum absolute atomic E-state index is 0.0245. The molecular formula is C20H21NO5S. The van der Waals surface area contributed by atoms with E-state index in [1.807, 2.05) is 17.5 Å². The van der Waals surface area contributed by atoms with Gasteiger partial charge in [0.2, 0.25) is 0 Å². The molecule has 0 saturated carbocycles. The van der Waals surface area contributed by atoms with Crippen molar-refractivity contribution in [3.05, 3.63) is 57.8 Å². The van der Waals surface area contributed by atoms with E-state index < -0.39 is 5.97 Å². The smallest absolute Gasteiger partial charge is 0.337 e. The molecule has 1 fully saturated rings. The van der Waals surface area contributed by atoms with Gasteiger partial charge < -0.3 is 14.4 Å². The Bertz CT molecular complexity index is 810. The second kappa shape index (κ2) is 8.81. The maximum atomic E-state index is 12.3. The Morgan fingerprint density at radius 1 is 1.15 bits per heavy atom. The molecule has 7 heteroatoms. The Labute approximate surface area is 161 Å². The Balaban J connectivity index is 1.49. The first kappa shape index (κ1) is 19.1. The van der Waals surface area contributed by atoms with Gasteiger partial charge >= 0.3 is 11.9 Å². The summed E-state index contributed by atoms with van der Waals surface area (Å²) in [4.78, 5) is 38.8. The zero-order valence-electron chi connectivity index (χ0n) is 15.1.